The molecule has 0 spiro atoms. The molecule has 0 amide bonds. The van der Waals surface area contributed by atoms with Crippen LogP contribution >= 0.6 is 0 Å². The molecule has 3 rings (SSSR count). The Morgan fingerprint density at radius 2 is 1.86 bits per heavy atom. The minimum atomic E-state index is -0.554. The standard InChI is InChI=1S/C22H27NO5/c1-15-11-20(16(2)23(15)9-10-26-3)21(24)13-28-22(25)14-27-19-8-7-17-5-4-6-18(17)12-19/h7-8,11-12H,4-6,9-10,13-14H2,1-3H3. The zero-order chi connectivity index (χ0) is 20.1. The molecule has 1 aliphatic rings. The lowest BCUT2D eigenvalue weighted by Gasteiger charge is -2.09. The number of rotatable bonds is 9. The van der Waals surface area contributed by atoms with E-state index in [1.807, 2.05) is 42.7 Å². The van der Waals surface area contributed by atoms with Crippen LogP contribution in [0.4, 0.5) is 0 Å². The number of esters is 1. The Balaban J connectivity index is 1.50. The van der Waals surface area contributed by atoms with Crippen molar-refractivity contribution in [2.45, 2.75) is 39.7 Å². The number of ether oxygens (including phenoxy) is 3. The van der Waals surface area contributed by atoms with Gasteiger partial charge in [0.2, 0.25) is 5.78 Å². The summed E-state index contributed by atoms with van der Waals surface area (Å²) in [5, 5.41) is 0. The molecule has 0 saturated heterocycles. The van der Waals surface area contributed by atoms with E-state index in [0.29, 0.717) is 24.5 Å². The van der Waals surface area contributed by atoms with Crippen molar-refractivity contribution in [3.8, 4) is 5.75 Å². The number of Topliss-reactive ketones (excluding diaryl/α,β-unsaturated/α-hetero) is 1. The molecule has 0 atom stereocenters. The maximum absolute atomic E-state index is 12.4. The number of benzene rings is 1. The van der Waals surface area contributed by atoms with Crippen LogP contribution in [-0.4, -0.2) is 43.3 Å². The Bertz CT molecular complexity index is 868. The van der Waals surface area contributed by atoms with Crippen molar-refractivity contribution >= 4 is 11.8 Å². The molecule has 1 aromatic heterocycles. The molecule has 0 N–H and O–H groups in total. The van der Waals surface area contributed by atoms with Crippen molar-refractivity contribution in [3.63, 3.8) is 0 Å². The van der Waals surface area contributed by atoms with Crippen LogP contribution in [0.25, 0.3) is 0 Å². The Morgan fingerprint density at radius 3 is 2.64 bits per heavy atom. The van der Waals surface area contributed by atoms with E-state index in [1.54, 1.807) is 7.11 Å². The average molecular weight is 385 g/mol. The summed E-state index contributed by atoms with van der Waals surface area (Å²) in [7, 11) is 1.64. The number of carbonyl (C=O) groups is 2. The summed E-state index contributed by atoms with van der Waals surface area (Å²) >= 11 is 0. The lowest BCUT2D eigenvalue weighted by Crippen LogP contribution is -2.20. The van der Waals surface area contributed by atoms with E-state index < -0.39 is 5.97 Å². The second-order valence-electron chi connectivity index (χ2n) is 7.09. The molecular weight excluding hydrogens is 358 g/mol. The van der Waals surface area contributed by atoms with Gasteiger partial charge in [-0.25, -0.2) is 4.79 Å². The van der Waals surface area contributed by atoms with E-state index in [-0.39, 0.29) is 19.0 Å². The number of aryl methyl sites for hydroxylation is 3. The van der Waals surface area contributed by atoms with Crippen molar-refractivity contribution in [2.24, 2.45) is 0 Å². The SMILES string of the molecule is COCCn1c(C)cc(C(=O)COC(=O)COc2ccc3c(c2)CCC3)c1C. The van der Waals surface area contributed by atoms with Crippen molar-refractivity contribution in [2.75, 3.05) is 26.9 Å². The predicted octanol–water partition coefficient (Wildman–Crippen LogP) is 3.04. The first-order chi connectivity index (χ1) is 13.5. The highest BCUT2D eigenvalue weighted by atomic mass is 16.6. The average Bonchev–Trinajstić information content (AvgIpc) is 3.26. The van der Waals surface area contributed by atoms with Gasteiger partial charge < -0.3 is 18.8 Å². The Kier molecular flexibility index (Phi) is 6.52. The third-order valence-corrected chi connectivity index (χ3v) is 5.18. The number of carbonyl (C=O) groups excluding carboxylic acids is 2. The van der Waals surface area contributed by atoms with Gasteiger partial charge in [-0.15, -0.1) is 0 Å². The van der Waals surface area contributed by atoms with Gasteiger partial charge in [0.05, 0.1) is 6.61 Å². The van der Waals surface area contributed by atoms with Gasteiger partial charge in [-0.1, -0.05) is 6.07 Å². The Morgan fingerprint density at radius 1 is 1.07 bits per heavy atom. The fourth-order valence-electron chi connectivity index (χ4n) is 3.66. The molecule has 1 heterocycles. The summed E-state index contributed by atoms with van der Waals surface area (Å²) in [5.41, 5.74) is 5.03. The lowest BCUT2D eigenvalue weighted by molar-refractivity contribution is -0.144. The molecule has 1 aromatic carbocycles. The van der Waals surface area contributed by atoms with Crippen LogP contribution in [-0.2, 0) is 33.7 Å². The summed E-state index contributed by atoms with van der Waals surface area (Å²) in [6.07, 6.45) is 3.31. The molecule has 1 aliphatic carbocycles. The molecule has 150 valence electrons. The number of hydrogen-bond donors (Lipinski definition) is 0. The van der Waals surface area contributed by atoms with Crippen molar-refractivity contribution < 1.29 is 23.8 Å². The normalized spacial score (nSPS) is 12.7. The first-order valence-electron chi connectivity index (χ1n) is 9.58. The monoisotopic (exact) mass is 385 g/mol. The van der Waals surface area contributed by atoms with Crippen molar-refractivity contribution in [1.29, 1.82) is 0 Å². The number of methoxy groups -OCH3 is 1. The Hall–Kier alpha value is -2.60. The molecule has 0 bridgehead atoms. The predicted molar refractivity (Wildman–Crippen MR) is 105 cm³/mol. The van der Waals surface area contributed by atoms with Gasteiger partial charge in [-0.3, -0.25) is 4.79 Å². The highest BCUT2D eigenvalue weighted by Crippen LogP contribution is 2.26. The number of ketones is 1. The molecule has 0 radical (unpaired) electrons. The molecule has 0 aliphatic heterocycles. The van der Waals surface area contributed by atoms with Gasteiger partial charge in [0.1, 0.15) is 5.75 Å². The molecular formula is C22H27NO5. The minimum absolute atomic E-state index is 0.209. The quantitative estimate of drug-likeness (QED) is 0.490. The molecule has 2 aromatic rings. The second kappa shape index (κ2) is 9.06. The van der Waals surface area contributed by atoms with E-state index in [9.17, 15) is 9.59 Å². The minimum Gasteiger partial charge on any atom is -0.482 e. The molecule has 0 fully saturated rings. The van der Waals surface area contributed by atoms with Gasteiger partial charge in [-0.05, 0) is 62.4 Å². The number of nitrogens with zero attached hydrogens (tertiary/aromatic N) is 1. The van der Waals surface area contributed by atoms with Gasteiger partial charge >= 0.3 is 5.97 Å². The first kappa shape index (κ1) is 20.1. The van der Waals surface area contributed by atoms with E-state index >= 15 is 0 Å². The summed E-state index contributed by atoms with van der Waals surface area (Å²) in [6.45, 7) is 4.57. The van der Waals surface area contributed by atoms with E-state index in [0.717, 1.165) is 30.7 Å². The highest BCUT2D eigenvalue weighted by Gasteiger charge is 2.18. The molecule has 0 unspecified atom stereocenters. The van der Waals surface area contributed by atoms with Gasteiger partial charge in [0.15, 0.2) is 13.2 Å². The largest absolute Gasteiger partial charge is 0.482 e. The smallest absolute Gasteiger partial charge is 0.344 e. The summed E-state index contributed by atoms with van der Waals surface area (Å²) in [4.78, 5) is 24.4. The van der Waals surface area contributed by atoms with Crippen molar-refractivity contribution in [1.82, 2.24) is 4.57 Å². The first-order valence-corrected chi connectivity index (χ1v) is 9.58. The van der Waals surface area contributed by atoms with Crippen molar-refractivity contribution in [3.05, 3.63) is 52.3 Å². The molecule has 6 nitrogen and oxygen atoms in total. The lowest BCUT2D eigenvalue weighted by atomic mass is 10.1. The number of fused-ring (bicyclic) bond motifs is 1. The van der Waals surface area contributed by atoms with Crippen LogP contribution in [0, 0.1) is 13.8 Å². The third kappa shape index (κ3) is 4.62. The van der Waals surface area contributed by atoms with Crippen LogP contribution in [0.15, 0.2) is 24.3 Å². The molecule has 6 heteroatoms. The van der Waals surface area contributed by atoms with E-state index in [4.69, 9.17) is 14.2 Å². The number of aromatic nitrogens is 1. The third-order valence-electron chi connectivity index (χ3n) is 5.18. The van der Waals surface area contributed by atoms with Gasteiger partial charge in [0, 0.05) is 30.6 Å². The summed E-state index contributed by atoms with van der Waals surface area (Å²) < 4.78 is 17.8. The topological polar surface area (TPSA) is 66.8 Å². The maximum Gasteiger partial charge on any atom is 0.344 e. The van der Waals surface area contributed by atoms with E-state index in [1.165, 1.54) is 11.1 Å². The fourth-order valence-corrected chi connectivity index (χ4v) is 3.66. The summed E-state index contributed by atoms with van der Waals surface area (Å²) in [6, 6.07) is 7.72. The molecule has 0 saturated carbocycles. The van der Waals surface area contributed by atoms with Crippen LogP contribution in [0.5, 0.6) is 5.75 Å². The molecule has 28 heavy (non-hydrogen) atoms. The number of hydrogen-bond acceptors (Lipinski definition) is 5. The van der Waals surface area contributed by atoms with Gasteiger partial charge in [-0.2, -0.15) is 0 Å². The van der Waals surface area contributed by atoms with Crippen LogP contribution in [0.3, 0.4) is 0 Å². The highest BCUT2D eigenvalue weighted by molar-refractivity contribution is 5.99. The van der Waals surface area contributed by atoms with Gasteiger partial charge in [0.25, 0.3) is 0 Å². The Labute approximate surface area is 165 Å². The van der Waals surface area contributed by atoms with Crippen LogP contribution < -0.4 is 4.74 Å². The van der Waals surface area contributed by atoms with E-state index in [2.05, 4.69) is 0 Å². The fraction of sp³-hybridized carbons (Fsp3) is 0.455. The zero-order valence-electron chi connectivity index (χ0n) is 16.7. The zero-order valence-corrected chi connectivity index (χ0v) is 16.7. The maximum atomic E-state index is 12.4. The second-order valence-corrected chi connectivity index (χ2v) is 7.09. The van der Waals surface area contributed by atoms with Crippen LogP contribution in [0.1, 0.15) is 39.3 Å². The van der Waals surface area contributed by atoms with Crippen LogP contribution in [0.2, 0.25) is 0 Å². The summed E-state index contributed by atoms with van der Waals surface area (Å²) in [5.74, 6) is -0.115.